The van der Waals surface area contributed by atoms with Crippen LogP contribution in [0.4, 0.5) is 5.69 Å². The monoisotopic (exact) mass is 422 g/mol. The number of hydrogen-bond acceptors (Lipinski definition) is 7. The third-order valence-corrected chi connectivity index (χ3v) is 5.68. The highest BCUT2D eigenvalue weighted by Gasteiger charge is 2.23. The molecule has 0 spiro atoms. The van der Waals surface area contributed by atoms with Crippen molar-refractivity contribution in [3.63, 3.8) is 0 Å². The van der Waals surface area contributed by atoms with E-state index in [-0.39, 0.29) is 17.9 Å². The topological polar surface area (TPSA) is 100 Å². The van der Waals surface area contributed by atoms with Crippen LogP contribution in [0.2, 0.25) is 0 Å². The molecule has 0 saturated carbocycles. The normalized spacial score (nSPS) is 14.9. The van der Waals surface area contributed by atoms with Gasteiger partial charge in [0.05, 0.1) is 6.54 Å². The number of nitrogens with one attached hydrogen (secondary N) is 2. The number of benzene rings is 1. The van der Waals surface area contributed by atoms with E-state index in [1.807, 2.05) is 30.3 Å². The van der Waals surface area contributed by atoms with Gasteiger partial charge in [0.1, 0.15) is 5.69 Å². The standard InChI is InChI=1S/C21H22N6O2S/c28-18(24-15-5-2-1-3-6-15)13-27-11-7-16(8-12-27)25-20(29)17-14-30-21(26-17)19-22-9-4-10-23-19/h1-6,9-10,14,16H,7-8,11-13H2,(H,24,28)(H,25,29). The number of aromatic nitrogens is 3. The highest BCUT2D eigenvalue weighted by Crippen LogP contribution is 2.20. The smallest absolute Gasteiger partial charge is 0.270 e. The lowest BCUT2D eigenvalue weighted by Gasteiger charge is -2.31. The SMILES string of the molecule is O=C(CN1CCC(NC(=O)c2csc(-c3ncccn3)n2)CC1)Nc1ccccc1. The third kappa shape index (κ3) is 5.25. The second-order valence-electron chi connectivity index (χ2n) is 7.05. The van der Waals surface area contributed by atoms with E-state index >= 15 is 0 Å². The van der Waals surface area contributed by atoms with Gasteiger partial charge in [0.25, 0.3) is 5.91 Å². The Morgan fingerprint density at radius 2 is 1.80 bits per heavy atom. The van der Waals surface area contributed by atoms with Gasteiger partial charge in [0.2, 0.25) is 5.91 Å². The number of likely N-dealkylation sites (tertiary alicyclic amines) is 1. The molecular weight excluding hydrogens is 400 g/mol. The van der Waals surface area contributed by atoms with Gasteiger partial charge < -0.3 is 10.6 Å². The number of para-hydroxylation sites is 1. The molecule has 1 aliphatic heterocycles. The summed E-state index contributed by atoms with van der Waals surface area (Å²) in [4.78, 5) is 39.5. The molecule has 1 aliphatic rings. The Balaban J connectivity index is 1.23. The summed E-state index contributed by atoms with van der Waals surface area (Å²) in [5.41, 5.74) is 1.18. The summed E-state index contributed by atoms with van der Waals surface area (Å²) in [6.07, 6.45) is 4.89. The molecule has 1 fully saturated rings. The lowest BCUT2D eigenvalue weighted by Crippen LogP contribution is -2.46. The van der Waals surface area contributed by atoms with Crippen LogP contribution in [0.25, 0.3) is 10.8 Å². The molecule has 0 radical (unpaired) electrons. The van der Waals surface area contributed by atoms with Crippen molar-refractivity contribution in [2.45, 2.75) is 18.9 Å². The number of thiazole rings is 1. The van der Waals surface area contributed by atoms with Crippen LogP contribution in [0.5, 0.6) is 0 Å². The summed E-state index contributed by atoms with van der Waals surface area (Å²) in [5, 5.41) is 8.30. The van der Waals surface area contributed by atoms with Gasteiger partial charge in [-0.15, -0.1) is 11.3 Å². The van der Waals surface area contributed by atoms with Crippen LogP contribution >= 0.6 is 11.3 Å². The van der Waals surface area contributed by atoms with Crippen molar-refractivity contribution in [1.29, 1.82) is 0 Å². The van der Waals surface area contributed by atoms with Gasteiger partial charge in [-0.05, 0) is 31.0 Å². The minimum atomic E-state index is -0.186. The Morgan fingerprint density at radius 3 is 2.53 bits per heavy atom. The summed E-state index contributed by atoms with van der Waals surface area (Å²) in [7, 11) is 0. The van der Waals surface area contributed by atoms with Gasteiger partial charge in [-0.25, -0.2) is 15.0 Å². The molecule has 0 unspecified atom stereocenters. The van der Waals surface area contributed by atoms with Crippen molar-refractivity contribution in [2.24, 2.45) is 0 Å². The van der Waals surface area contributed by atoms with E-state index in [2.05, 4.69) is 30.5 Å². The molecule has 3 aromatic rings. The molecule has 0 atom stereocenters. The first-order chi connectivity index (χ1) is 14.7. The summed E-state index contributed by atoms with van der Waals surface area (Å²) in [6.45, 7) is 1.86. The molecule has 30 heavy (non-hydrogen) atoms. The van der Waals surface area contributed by atoms with Crippen molar-refractivity contribution in [3.8, 4) is 10.8 Å². The zero-order chi connectivity index (χ0) is 20.8. The van der Waals surface area contributed by atoms with E-state index in [9.17, 15) is 9.59 Å². The van der Waals surface area contributed by atoms with E-state index in [0.29, 0.717) is 23.1 Å². The zero-order valence-corrected chi connectivity index (χ0v) is 17.1. The summed E-state index contributed by atoms with van der Waals surface area (Å²) < 4.78 is 0. The predicted octanol–water partition coefficient (Wildman–Crippen LogP) is 2.43. The Hall–Kier alpha value is -3.17. The van der Waals surface area contributed by atoms with Crippen molar-refractivity contribution in [2.75, 3.05) is 25.0 Å². The van der Waals surface area contributed by atoms with Crippen LogP contribution < -0.4 is 10.6 Å². The van der Waals surface area contributed by atoms with Crippen LogP contribution in [0, 0.1) is 0 Å². The quantitative estimate of drug-likeness (QED) is 0.633. The fraction of sp³-hybridized carbons (Fsp3) is 0.286. The van der Waals surface area contributed by atoms with E-state index in [4.69, 9.17) is 0 Å². The van der Waals surface area contributed by atoms with E-state index in [1.54, 1.807) is 23.8 Å². The van der Waals surface area contributed by atoms with Gasteiger partial charge in [-0.1, -0.05) is 18.2 Å². The summed E-state index contributed by atoms with van der Waals surface area (Å²) in [6, 6.07) is 11.2. The van der Waals surface area contributed by atoms with Gasteiger partial charge >= 0.3 is 0 Å². The molecule has 0 aliphatic carbocycles. The molecule has 3 heterocycles. The molecule has 0 bridgehead atoms. The number of amides is 2. The van der Waals surface area contributed by atoms with Crippen LogP contribution in [0.1, 0.15) is 23.3 Å². The number of piperidine rings is 1. The number of anilines is 1. The van der Waals surface area contributed by atoms with Crippen molar-refractivity contribution in [3.05, 3.63) is 59.9 Å². The van der Waals surface area contributed by atoms with E-state index in [1.165, 1.54) is 11.3 Å². The molecule has 4 rings (SSSR count). The number of carbonyl (C=O) groups excluding carboxylic acids is 2. The second-order valence-corrected chi connectivity index (χ2v) is 7.91. The van der Waals surface area contributed by atoms with Crippen LogP contribution in [0.15, 0.2) is 54.2 Å². The Morgan fingerprint density at radius 1 is 1.07 bits per heavy atom. The molecule has 8 nitrogen and oxygen atoms in total. The van der Waals surface area contributed by atoms with Gasteiger partial charge in [-0.3, -0.25) is 14.5 Å². The zero-order valence-electron chi connectivity index (χ0n) is 16.3. The molecule has 1 aromatic carbocycles. The van der Waals surface area contributed by atoms with Crippen LogP contribution in [-0.2, 0) is 4.79 Å². The van der Waals surface area contributed by atoms with E-state index < -0.39 is 0 Å². The van der Waals surface area contributed by atoms with E-state index in [0.717, 1.165) is 31.6 Å². The summed E-state index contributed by atoms with van der Waals surface area (Å²) >= 11 is 1.35. The average molecular weight is 423 g/mol. The lowest BCUT2D eigenvalue weighted by atomic mass is 10.0. The molecule has 9 heteroatoms. The molecular formula is C21H22N6O2S. The fourth-order valence-electron chi connectivity index (χ4n) is 3.31. The molecule has 154 valence electrons. The van der Waals surface area contributed by atoms with Gasteiger partial charge in [0.15, 0.2) is 10.8 Å². The summed E-state index contributed by atoms with van der Waals surface area (Å²) in [5.74, 6) is 0.305. The Bertz CT molecular complexity index is 987. The fourth-order valence-corrected chi connectivity index (χ4v) is 4.05. The first-order valence-corrected chi connectivity index (χ1v) is 10.7. The average Bonchev–Trinajstić information content (AvgIpc) is 3.27. The number of nitrogens with zero attached hydrogens (tertiary/aromatic N) is 4. The van der Waals surface area contributed by atoms with Crippen LogP contribution in [0.3, 0.4) is 0 Å². The third-order valence-electron chi connectivity index (χ3n) is 4.84. The van der Waals surface area contributed by atoms with Gasteiger partial charge in [-0.2, -0.15) is 0 Å². The van der Waals surface area contributed by atoms with Crippen LogP contribution in [-0.4, -0.2) is 57.3 Å². The molecule has 2 N–H and O–H groups in total. The highest BCUT2D eigenvalue weighted by atomic mass is 32.1. The lowest BCUT2D eigenvalue weighted by molar-refractivity contribution is -0.117. The minimum Gasteiger partial charge on any atom is -0.348 e. The van der Waals surface area contributed by atoms with Crippen molar-refractivity contribution >= 4 is 28.8 Å². The minimum absolute atomic E-state index is 0.0261. The number of rotatable bonds is 6. The maximum absolute atomic E-state index is 12.5. The predicted molar refractivity (Wildman–Crippen MR) is 115 cm³/mol. The highest BCUT2D eigenvalue weighted by molar-refractivity contribution is 7.13. The van der Waals surface area contributed by atoms with Crippen molar-refractivity contribution in [1.82, 2.24) is 25.2 Å². The Kier molecular flexibility index (Phi) is 6.41. The molecule has 2 amide bonds. The largest absolute Gasteiger partial charge is 0.348 e. The number of carbonyl (C=O) groups is 2. The Labute approximate surface area is 178 Å². The maximum atomic E-state index is 12.5. The molecule has 1 saturated heterocycles. The first-order valence-electron chi connectivity index (χ1n) is 9.78. The number of hydrogen-bond donors (Lipinski definition) is 2. The molecule has 2 aromatic heterocycles. The van der Waals surface area contributed by atoms with Gasteiger partial charge in [0, 0.05) is 42.6 Å². The maximum Gasteiger partial charge on any atom is 0.270 e. The second kappa shape index (κ2) is 9.55. The van der Waals surface area contributed by atoms with Crippen molar-refractivity contribution < 1.29 is 9.59 Å². The first kappa shape index (κ1) is 20.1.